The third-order valence-electron chi connectivity index (χ3n) is 3.89. The second-order valence-electron chi connectivity index (χ2n) is 5.29. The molecule has 0 fully saturated rings. The monoisotopic (exact) mass is 284 g/mol. The van der Waals surface area contributed by atoms with Gasteiger partial charge < -0.3 is 10.8 Å². The summed E-state index contributed by atoms with van der Waals surface area (Å²) in [6, 6.07) is 11.8. The Kier molecular flexibility index (Phi) is 3.39. The van der Waals surface area contributed by atoms with Crippen LogP contribution in [-0.2, 0) is 0 Å². The minimum absolute atomic E-state index is 0.0397. The summed E-state index contributed by atoms with van der Waals surface area (Å²) in [5.74, 6) is -0.486. The van der Waals surface area contributed by atoms with Crippen molar-refractivity contribution in [3.8, 4) is 5.75 Å². The second-order valence-corrected chi connectivity index (χ2v) is 5.29. The SMILES string of the molecule is CN1CC=C(N)c2ccccc2C1c1ccc(F)cc1O. The van der Waals surface area contributed by atoms with Crippen molar-refractivity contribution in [2.45, 2.75) is 6.04 Å². The molecule has 0 aliphatic carbocycles. The minimum atomic E-state index is -0.446. The van der Waals surface area contributed by atoms with Gasteiger partial charge in [-0.1, -0.05) is 30.3 Å². The number of halogens is 1. The van der Waals surface area contributed by atoms with Gasteiger partial charge in [0.05, 0.1) is 6.04 Å². The van der Waals surface area contributed by atoms with Crippen molar-refractivity contribution >= 4 is 5.70 Å². The van der Waals surface area contributed by atoms with Crippen molar-refractivity contribution in [3.05, 3.63) is 71.0 Å². The van der Waals surface area contributed by atoms with Crippen LogP contribution < -0.4 is 5.73 Å². The number of hydrogen-bond donors (Lipinski definition) is 2. The fraction of sp³-hybridized carbons (Fsp3) is 0.176. The summed E-state index contributed by atoms with van der Waals surface area (Å²) in [4.78, 5) is 2.08. The molecule has 1 aliphatic rings. The van der Waals surface area contributed by atoms with Crippen LogP contribution in [0.2, 0.25) is 0 Å². The predicted molar refractivity (Wildman–Crippen MR) is 81.1 cm³/mol. The number of phenols is 1. The van der Waals surface area contributed by atoms with E-state index in [0.29, 0.717) is 12.1 Å². The van der Waals surface area contributed by atoms with Crippen LogP contribution in [0.3, 0.4) is 0 Å². The quantitative estimate of drug-likeness (QED) is 0.846. The Bertz CT molecular complexity index is 712. The number of benzene rings is 2. The summed E-state index contributed by atoms with van der Waals surface area (Å²) < 4.78 is 13.2. The summed E-state index contributed by atoms with van der Waals surface area (Å²) in [5, 5.41) is 10.1. The molecule has 0 aromatic heterocycles. The van der Waals surface area contributed by atoms with Crippen LogP contribution in [0.5, 0.6) is 5.75 Å². The van der Waals surface area contributed by atoms with E-state index in [1.54, 1.807) is 6.07 Å². The summed E-state index contributed by atoms with van der Waals surface area (Å²) in [5.41, 5.74) is 9.48. The first-order chi connectivity index (χ1) is 10.1. The van der Waals surface area contributed by atoms with Crippen molar-refractivity contribution in [3.63, 3.8) is 0 Å². The lowest BCUT2D eigenvalue weighted by molar-refractivity contribution is 0.303. The molecule has 2 aromatic rings. The highest BCUT2D eigenvalue weighted by molar-refractivity contribution is 5.68. The molecule has 21 heavy (non-hydrogen) atoms. The van der Waals surface area contributed by atoms with Crippen molar-refractivity contribution in [2.75, 3.05) is 13.6 Å². The molecule has 0 radical (unpaired) electrons. The maximum absolute atomic E-state index is 13.2. The van der Waals surface area contributed by atoms with Gasteiger partial charge in [-0.2, -0.15) is 0 Å². The van der Waals surface area contributed by atoms with Gasteiger partial charge in [-0.05, 0) is 24.8 Å². The molecule has 1 unspecified atom stereocenters. The molecule has 0 bridgehead atoms. The zero-order valence-electron chi connectivity index (χ0n) is 11.8. The Morgan fingerprint density at radius 2 is 1.95 bits per heavy atom. The molecule has 3 N–H and O–H groups in total. The second kappa shape index (κ2) is 5.22. The molecule has 0 amide bonds. The number of rotatable bonds is 1. The molecule has 2 aromatic carbocycles. The molecule has 1 aliphatic heterocycles. The van der Waals surface area contributed by atoms with Crippen LogP contribution in [0, 0.1) is 5.82 Å². The maximum atomic E-state index is 13.2. The number of hydrogen-bond acceptors (Lipinski definition) is 3. The Labute approximate surface area is 123 Å². The van der Waals surface area contributed by atoms with Gasteiger partial charge in [-0.25, -0.2) is 4.39 Å². The molecule has 0 spiro atoms. The van der Waals surface area contributed by atoms with Crippen LogP contribution in [0.1, 0.15) is 22.7 Å². The normalized spacial score (nSPS) is 18.8. The third-order valence-corrected chi connectivity index (χ3v) is 3.89. The first kappa shape index (κ1) is 13.6. The van der Waals surface area contributed by atoms with Crippen molar-refractivity contribution in [1.29, 1.82) is 0 Å². The first-order valence-electron chi connectivity index (χ1n) is 6.81. The Hall–Kier alpha value is -2.33. The maximum Gasteiger partial charge on any atom is 0.126 e. The Morgan fingerprint density at radius 3 is 2.71 bits per heavy atom. The lowest BCUT2D eigenvalue weighted by Gasteiger charge is -2.28. The lowest BCUT2D eigenvalue weighted by atomic mass is 9.92. The van der Waals surface area contributed by atoms with Gasteiger partial charge in [0.1, 0.15) is 11.6 Å². The molecule has 1 heterocycles. The lowest BCUT2D eigenvalue weighted by Crippen LogP contribution is -2.25. The fourth-order valence-corrected chi connectivity index (χ4v) is 2.85. The molecular formula is C17H17FN2O. The molecule has 3 rings (SSSR count). The average molecular weight is 284 g/mol. The van der Waals surface area contributed by atoms with Gasteiger partial charge in [0.2, 0.25) is 0 Å². The van der Waals surface area contributed by atoms with Crippen LogP contribution in [0.15, 0.2) is 48.5 Å². The van der Waals surface area contributed by atoms with E-state index in [2.05, 4.69) is 4.90 Å². The summed E-state index contributed by atoms with van der Waals surface area (Å²) in [7, 11) is 1.96. The molecule has 3 nitrogen and oxygen atoms in total. The standard InChI is InChI=1S/C17H17FN2O/c1-20-9-8-15(19)12-4-2-3-5-13(12)17(20)14-7-6-11(18)10-16(14)21/h2-8,10,17,21H,9,19H2,1H3. The van der Waals surface area contributed by atoms with Crippen molar-refractivity contribution in [1.82, 2.24) is 4.90 Å². The average Bonchev–Trinajstić information content (AvgIpc) is 2.59. The highest BCUT2D eigenvalue weighted by atomic mass is 19.1. The van der Waals surface area contributed by atoms with Gasteiger partial charge in [0.15, 0.2) is 0 Å². The number of nitrogens with two attached hydrogens (primary N) is 1. The van der Waals surface area contributed by atoms with E-state index in [9.17, 15) is 9.50 Å². The minimum Gasteiger partial charge on any atom is -0.507 e. The van der Waals surface area contributed by atoms with Gasteiger partial charge in [0.25, 0.3) is 0 Å². The molecular weight excluding hydrogens is 267 g/mol. The predicted octanol–water partition coefficient (Wildman–Crippen LogP) is 2.87. The largest absolute Gasteiger partial charge is 0.507 e. The molecule has 4 heteroatoms. The Morgan fingerprint density at radius 1 is 1.19 bits per heavy atom. The van der Waals surface area contributed by atoms with E-state index in [4.69, 9.17) is 5.73 Å². The van der Waals surface area contributed by atoms with Crippen LogP contribution >= 0.6 is 0 Å². The molecule has 0 saturated carbocycles. The van der Waals surface area contributed by atoms with E-state index in [1.165, 1.54) is 6.07 Å². The molecule has 108 valence electrons. The summed E-state index contributed by atoms with van der Waals surface area (Å²) >= 11 is 0. The van der Waals surface area contributed by atoms with Crippen LogP contribution in [-0.4, -0.2) is 23.6 Å². The van der Waals surface area contributed by atoms with E-state index < -0.39 is 5.82 Å². The molecule has 0 saturated heterocycles. The summed E-state index contributed by atoms with van der Waals surface area (Å²) in [6.45, 7) is 0.655. The van der Waals surface area contributed by atoms with E-state index >= 15 is 0 Å². The van der Waals surface area contributed by atoms with E-state index in [1.807, 2.05) is 37.4 Å². The van der Waals surface area contributed by atoms with Gasteiger partial charge in [-0.3, -0.25) is 4.90 Å². The third kappa shape index (κ3) is 2.38. The highest BCUT2D eigenvalue weighted by Crippen LogP contribution is 2.38. The van der Waals surface area contributed by atoms with Crippen molar-refractivity contribution < 1.29 is 9.50 Å². The number of fused-ring (bicyclic) bond motifs is 1. The topological polar surface area (TPSA) is 49.5 Å². The summed E-state index contributed by atoms with van der Waals surface area (Å²) in [6.07, 6.45) is 1.96. The smallest absolute Gasteiger partial charge is 0.126 e. The van der Waals surface area contributed by atoms with Crippen LogP contribution in [0.25, 0.3) is 5.70 Å². The van der Waals surface area contributed by atoms with E-state index in [0.717, 1.165) is 22.9 Å². The van der Waals surface area contributed by atoms with Gasteiger partial charge in [0, 0.05) is 29.4 Å². The Balaban J connectivity index is 2.19. The number of aromatic hydroxyl groups is 1. The van der Waals surface area contributed by atoms with Crippen molar-refractivity contribution in [2.24, 2.45) is 5.73 Å². The molecule has 1 atom stereocenters. The van der Waals surface area contributed by atoms with E-state index in [-0.39, 0.29) is 11.8 Å². The van der Waals surface area contributed by atoms with Gasteiger partial charge in [-0.15, -0.1) is 0 Å². The number of phenolic OH excluding ortho intramolecular Hbond substituents is 1. The zero-order chi connectivity index (χ0) is 15.0. The highest BCUT2D eigenvalue weighted by Gasteiger charge is 2.26. The first-order valence-corrected chi connectivity index (χ1v) is 6.81. The van der Waals surface area contributed by atoms with Crippen LogP contribution in [0.4, 0.5) is 4.39 Å². The number of likely N-dealkylation sites (N-methyl/N-ethyl adjacent to an activating group) is 1. The number of nitrogens with zero attached hydrogens (tertiary/aromatic N) is 1. The fourth-order valence-electron chi connectivity index (χ4n) is 2.85. The zero-order valence-corrected chi connectivity index (χ0v) is 11.8. The van der Waals surface area contributed by atoms with Gasteiger partial charge >= 0.3 is 0 Å².